The van der Waals surface area contributed by atoms with Crippen molar-refractivity contribution in [2.45, 2.75) is 6.17 Å². The Hall–Kier alpha value is -2.43. The summed E-state index contributed by atoms with van der Waals surface area (Å²) >= 11 is 0. The van der Waals surface area contributed by atoms with Crippen LogP contribution in [-0.2, 0) is 0 Å². The molecule has 102 valence electrons. The average molecular weight is 274 g/mol. The minimum absolute atomic E-state index is 0.228. The molecule has 20 heavy (non-hydrogen) atoms. The van der Waals surface area contributed by atoms with Crippen molar-refractivity contribution in [3.8, 4) is 0 Å². The number of amides is 1. The lowest BCUT2D eigenvalue weighted by Gasteiger charge is -2.36. The predicted octanol–water partition coefficient (Wildman–Crippen LogP) is 2.84. The molecule has 1 amide bonds. The number of carbonyl (C=O) groups is 1. The van der Waals surface area contributed by atoms with Crippen LogP contribution in [0.3, 0.4) is 0 Å². The summed E-state index contributed by atoms with van der Waals surface area (Å²) in [5.74, 6) is -2.06. The van der Waals surface area contributed by atoms with Crippen LogP contribution in [-0.4, -0.2) is 13.0 Å². The largest absolute Gasteiger partial charge is 0.350 e. The van der Waals surface area contributed by atoms with E-state index in [4.69, 9.17) is 0 Å². The second-order valence-electron chi connectivity index (χ2n) is 4.68. The van der Waals surface area contributed by atoms with E-state index in [9.17, 15) is 13.6 Å². The van der Waals surface area contributed by atoms with Crippen LogP contribution < -0.4 is 10.2 Å². The molecular formula is C15H12F2N2O. The Morgan fingerprint density at radius 1 is 1.10 bits per heavy atom. The van der Waals surface area contributed by atoms with Crippen molar-refractivity contribution < 1.29 is 13.6 Å². The minimum Gasteiger partial charge on any atom is -0.350 e. The summed E-state index contributed by atoms with van der Waals surface area (Å²) in [4.78, 5) is 13.9. The summed E-state index contributed by atoms with van der Waals surface area (Å²) in [6.45, 7) is 0. The normalized spacial score (nSPS) is 17.6. The maximum atomic E-state index is 13.3. The maximum absolute atomic E-state index is 13.3. The van der Waals surface area contributed by atoms with Gasteiger partial charge >= 0.3 is 0 Å². The van der Waals surface area contributed by atoms with Gasteiger partial charge in [0.1, 0.15) is 6.17 Å². The molecule has 2 aromatic rings. The molecule has 1 unspecified atom stereocenters. The van der Waals surface area contributed by atoms with Crippen LogP contribution in [0.2, 0.25) is 0 Å². The zero-order valence-corrected chi connectivity index (χ0v) is 10.7. The van der Waals surface area contributed by atoms with Crippen molar-refractivity contribution in [2.24, 2.45) is 0 Å². The van der Waals surface area contributed by atoms with Gasteiger partial charge < -0.3 is 10.2 Å². The lowest BCUT2D eigenvalue weighted by atomic mass is 10.0. The number of nitrogens with one attached hydrogen (secondary N) is 1. The van der Waals surface area contributed by atoms with E-state index in [2.05, 4.69) is 5.32 Å². The molecule has 1 aliphatic rings. The van der Waals surface area contributed by atoms with E-state index in [1.165, 1.54) is 6.07 Å². The van der Waals surface area contributed by atoms with Gasteiger partial charge in [0.05, 0.1) is 11.3 Å². The molecule has 0 aromatic heterocycles. The smallest absolute Gasteiger partial charge is 0.255 e. The van der Waals surface area contributed by atoms with Crippen molar-refractivity contribution in [3.05, 3.63) is 65.2 Å². The molecule has 1 heterocycles. The second kappa shape index (κ2) is 4.59. The van der Waals surface area contributed by atoms with E-state index in [0.717, 1.165) is 17.8 Å². The second-order valence-corrected chi connectivity index (χ2v) is 4.68. The van der Waals surface area contributed by atoms with Gasteiger partial charge in [-0.2, -0.15) is 0 Å². The molecule has 2 aromatic carbocycles. The lowest BCUT2D eigenvalue weighted by molar-refractivity contribution is 0.0928. The Morgan fingerprint density at radius 2 is 1.85 bits per heavy atom. The molecule has 3 nitrogen and oxygen atoms in total. The molecule has 1 aliphatic heterocycles. The number of hydrogen-bond donors (Lipinski definition) is 1. The first-order valence-corrected chi connectivity index (χ1v) is 6.15. The summed E-state index contributed by atoms with van der Waals surface area (Å²) in [6, 6.07) is 10.8. The van der Waals surface area contributed by atoms with E-state index in [0.29, 0.717) is 11.1 Å². The average Bonchev–Trinajstić information content (AvgIpc) is 2.46. The topological polar surface area (TPSA) is 32.3 Å². The maximum Gasteiger partial charge on any atom is 0.255 e. The number of nitrogens with zero attached hydrogens (tertiary/aromatic N) is 1. The third kappa shape index (κ3) is 1.91. The number of halogens is 2. The van der Waals surface area contributed by atoms with Gasteiger partial charge in [0.25, 0.3) is 5.91 Å². The first-order valence-electron chi connectivity index (χ1n) is 6.15. The Bertz CT molecular complexity index is 687. The molecule has 0 spiro atoms. The molecule has 3 rings (SSSR count). The van der Waals surface area contributed by atoms with E-state index in [1.807, 2.05) is 17.0 Å². The van der Waals surface area contributed by atoms with Crippen LogP contribution in [0.5, 0.6) is 0 Å². The first kappa shape index (κ1) is 12.6. The third-order valence-electron chi connectivity index (χ3n) is 3.44. The van der Waals surface area contributed by atoms with Crippen LogP contribution >= 0.6 is 0 Å². The van der Waals surface area contributed by atoms with Gasteiger partial charge in [0.15, 0.2) is 11.6 Å². The van der Waals surface area contributed by atoms with Crippen LogP contribution in [0.1, 0.15) is 22.1 Å². The van der Waals surface area contributed by atoms with E-state index < -0.39 is 17.8 Å². The van der Waals surface area contributed by atoms with E-state index in [-0.39, 0.29) is 5.91 Å². The summed E-state index contributed by atoms with van der Waals surface area (Å²) in [5, 5.41) is 2.78. The van der Waals surface area contributed by atoms with Crippen LogP contribution in [0.4, 0.5) is 14.5 Å². The van der Waals surface area contributed by atoms with Crippen molar-refractivity contribution in [1.29, 1.82) is 0 Å². The fourth-order valence-electron chi connectivity index (χ4n) is 2.40. The van der Waals surface area contributed by atoms with Gasteiger partial charge in [-0.05, 0) is 29.8 Å². The fraction of sp³-hybridized carbons (Fsp3) is 0.133. The van der Waals surface area contributed by atoms with E-state index in [1.54, 1.807) is 19.2 Å². The van der Waals surface area contributed by atoms with Crippen molar-refractivity contribution in [2.75, 3.05) is 11.9 Å². The predicted molar refractivity (Wildman–Crippen MR) is 71.4 cm³/mol. The number of carbonyl (C=O) groups excluding carboxylic acids is 1. The molecular weight excluding hydrogens is 262 g/mol. The Balaban J connectivity index is 2.04. The van der Waals surface area contributed by atoms with E-state index >= 15 is 0 Å². The summed E-state index contributed by atoms with van der Waals surface area (Å²) in [7, 11) is 1.80. The lowest BCUT2D eigenvalue weighted by Crippen LogP contribution is -2.44. The molecule has 0 radical (unpaired) electrons. The quantitative estimate of drug-likeness (QED) is 0.867. The first-order chi connectivity index (χ1) is 9.58. The number of fused-ring (bicyclic) bond motifs is 1. The summed E-state index contributed by atoms with van der Waals surface area (Å²) in [6.07, 6.45) is -0.521. The number of benzene rings is 2. The number of anilines is 1. The number of para-hydroxylation sites is 1. The summed E-state index contributed by atoms with van der Waals surface area (Å²) < 4.78 is 26.4. The monoisotopic (exact) mass is 274 g/mol. The molecule has 0 fully saturated rings. The van der Waals surface area contributed by atoms with Gasteiger partial charge in [-0.25, -0.2) is 8.78 Å². The number of hydrogen-bond acceptors (Lipinski definition) is 2. The zero-order valence-electron chi connectivity index (χ0n) is 10.7. The van der Waals surface area contributed by atoms with Gasteiger partial charge in [-0.15, -0.1) is 0 Å². The molecule has 0 saturated heterocycles. The van der Waals surface area contributed by atoms with Gasteiger partial charge in [-0.1, -0.05) is 18.2 Å². The zero-order chi connectivity index (χ0) is 14.3. The van der Waals surface area contributed by atoms with Gasteiger partial charge in [0.2, 0.25) is 0 Å². The minimum atomic E-state index is -0.927. The van der Waals surface area contributed by atoms with Crippen LogP contribution in [0.25, 0.3) is 0 Å². The van der Waals surface area contributed by atoms with Crippen molar-refractivity contribution in [3.63, 3.8) is 0 Å². The SMILES string of the molecule is CN1c2ccccc2C(=O)NC1c1ccc(F)c(F)c1. The van der Waals surface area contributed by atoms with Gasteiger partial charge in [-0.3, -0.25) is 4.79 Å². The highest BCUT2D eigenvalue weighted by Gasteiger charge is 2.29. The standard InChI is InChI=1S/C15H12F2N2O/c1-19-13-5-3-2-4-10(13)15(20)18-14(19)9-6-7-11(16)12(17)8-9/h2-8,14H,1H3,(H,18,20). The molecule has 0 aliphatic carbocycles. The van der Waals surface area contributed by atoms with Gasteiger partial charge in [0, 0.05) is 7.05 Å². The highest BCUT2D eigenvalue weighted by molar-refractivity contribution is 6.01. The highest BCUT2D eigenvalue weighted by atomic mass is 19.2. The Labute approximate surface area is 114 Å². The van der Waals surface area contributed by atoms with Crippen molar-refractivity contribution in [1.82, 2.24) is 5.32 Å². The number of rotatable bonds is 1. The third-order valence-corrected chi connectivity index (χ3v) is 3.44. The molecule has 5 heteroatoms. The van der Waals surface area contributed by atoms with Crippen LogP contribution in [0, 0.1) is 11.6 Å². The Kier molecular flexibility index (Phi) is 2.89. The van der Waals surface area contributed by atoms with Crippen LogP contribution in [0.15, 0.2) is 42.5 Å². The van der Waals surface area contributed by atoms with Crippen molar-refractivity contribution >= 4 is 11.6 Å². The fourth-order valence-corrected chi connectivity index (χ4v) is 2.40. The summed E-state index contributed by atoms with van der Waals surface area (Å²) in [5.41, 5.74) is 1.81. The molecule has 1 atom stereocenters. The molecule has 0 saturated carbocycles. The highest BCUT2D eigenvalue weighted by Crippen LogP contribution is 2.31. The Morgan fingerprint density at radius 3 is 2.60 bits per heavy atom. The molecule has 1 N–H and O–H groups in total. The molecule has 0 bridgehead atoms.